The van der Waals surface area contributed by atoms with Crippen molar-refractivity contribution in [3.8, 4) is 0 Å². The van der Waals surface area contributed by atoms with E-state index < -0.39 is 16.9 Å². The molecule has 1 atom stereocenters. The number of halogens is 1. The van der Waals surface area contributed by atoms with Crippen LogP contribution >= 0.6 is 11.6 Å². The highest BCUT2D eigenvalue weighted by molar-refractivity contribution is 6.34. The second-order valence-electron chi connectivity index (χ2n) is 5.25. The number of carbonyl (C=O) groups is 1. The molecule has 1 heterocycles. The van der Waals surface area contributed by atoms with Crippen molar-refractivity contribution >= 4 is 23.2 Å². The summed E-state index contributed by atoms with van der Waals surface area (Å²) in [4.78, 5) is 22.8. The fraction of sp³-hybridized carbons (Fsp3) is 0.0556. The van der Waals surface area contributed by atoms with Gasteiger partial charge in [-0.1, -0.05) is 41.9 Å². The first-order valence-corrected chi connectivity index (χ1v) is 7.77. The van der Waals surface area contributed by atoms with Gasteiger partial charge in [-0.05, 0) is 23.8 Å². The minimum Gasteiger partial charge on any atom is -0.467 e. The maximum atomic E-state index is 12.6. The standard InChI is InChI=1S/C18H13ClN2O4/c19-15-11-13(21(23)24)8-9-14(15)18(22)20-17(16-7-4-10-25-16)12-5-2-1-3-6-12/h1-11,17H,(H,20,22)/t17-/m0/s1. The molecule has 0 aliphatic rings. The number of nitro benzene ring substituents is 1. The predicted molar refractivity (Wildman–Crippen MR) is 92.6 cm³/mol. The summed E-state index contributed by atoms with van der Waals surface area (Å²) in [5, 5.41) is 13.7. The maximum absolute atomic E-state index is 12.6. The van der Waals surface area contributed by atoms with E-state index in [-0.39, 0.29) is 16.3 Å². The van der Waals surface area contributed by atoms with Gasteiger partial charge in [0.1, 0.15) is 11.8 Å². The molecular formula is C18H13ClN2O4. The largest absolute Gasteiger partial charge is 0.467 e. The summed E-state index contributed by atoms with van der Waals surface area (Å²) in [5.41, 5.74) is 0.816. The Hall–Kier alpha value is -3.12. The molecule has 0 saturated carbocycles. The van der Waals surface area contributed by atoms with E-state index in [9.17, 15) is 14.9 Å². The summed E-state index contributed by atoms with van der Waals surface area (Å²) in [7, 11) is 0. The molecule has 0 radical (unpaired) electrons. The first-order chi connectivity index (χ1) is 12.1. The van der Waals surface area contributed by atoms with Crippen molar-refractivity contribution in [2.24, 2.45) is 0 Å². The number of nitrogens with zero attached hydrogens (tertiary/aromatic N) is 1. The highest BCUT2D eigenvalue weighted by Gasteiger charge is 2.22. The average molecular weight is 357 g/mol. The molecule has 3 rings (SSSR count). The molecule has 6 nitrogen and oxygen atoms in total. The third-order valence-electron chi connectivity index (χ3n) is 3.64. The number of nitrogens with one attached hydrogen (secondary N) is 1. The molecule has 0 bridgehead atoms. The summed E-state index contributed by atoms with van der Waals surface area (Å²) in [6.07, 6.45) is 1.52. The lowest BCUT2D eigenvalue weighted by Gasteiger charge is -2.17. The van der Waals surface area contributed by atoms with Crippen LogP contribution in [0.3, 0.4) is 0 Å². The molecule has 0 aliphatic carbocycles. The molecule has 0 unspecified atom stereocenters. The van der Waals surface area contributed by atoms with Crippen molar-refractivity contribution in [1.29, 1.82) is 0 Å². The minimum absolute atomic E-state index is 0.0120. The zero-order chi connectivity index (χ0) is 17.8. The number of hydrogen-bond acceptors (Lipinski definition) is 4. The number of rotatable bonds is 5. The molecule has 0 aliphatic heterocycles. The van der Waals surface area contributed by atoms with Crippen LogP contribution in [0.15, 0.2) is 71.3 Å². The van der Waals surface area contributed by atoms with Crippen LogP contribution < -0.4 is 5.32 Å². The molecule has 1 N–H and O–H groups in total. The van der Waals surface area contributed by atoms with Crippen LogP contribution in [0.25, 0.3) is 0 Å². The summed E-state index contributed by atoms with van der Waals surface area (Å²) in [5.74, 6) is 0.114. The summed E-state index contributed by atoms with van der Waals surface area (Å²) in [6, 6.07) is 16.0. The number of amides is 1. The minimum atomic E-state index is -0.566. The number of non-ortho nitro benzene ring substituents is 1. The van der Waals surface area contributed by atoms with Gasteiger partial charge in [0, 0.05) is 12.1 Å². The van der Waals surface area contributed by atoms with E-state index in [1.54, 1.807) is 12.1 Å². The van der Waals surface area contributed by atoms with Crippen molar-refractivity contribution in [1.82, 2.24) is 5.32 Å². The van der Waals surface area contributed by atoms with Crippen LogP contribution in [0.5, 0.6) is 0 Å². The Labute approximate surface area is 148 Å². The SMILES string of the molecule is O=C(N[C@@H](c1ccccc1)c1ccco1)c1ccc([N+](=O)[O-])cc1Cl. The number of benzene rings is 2. The molecule has 0 fully saturated rings. The number of hydrogen-bond donors (Lipinski definition) is 1. The van der Waals surface area contributed by atoms with E-state index >= 15 is 0 Å². The lowest BCUT2D eigenvalue weighted by Crippen LogP contribution is -2.29. The van der Waals surface area contributed by atoms with E-state index in [4.69, 9.17) is 16.0 Å². The van der Waals surface area contributed by atoms with Crippen molar-refractivity contribution in [3.05, 3.63) is 99.0 Å². The molecule has 0 spiro atoms. The number of carbonyl (C=O) groups excluding carboxylic acids is 1. The molecule has 3 aromatic rings. The normalized spacial score (nSPS) is 11.7. The van der Waals surface area contributed by atoms with Gasteiger partial charge in [-0.25, -0.2) is 0 Å². The summed E-state index contributed by atoms with van der Waals surface area (Å²) < 4.78 is 5.43. The lowest BCUT2D eigenvalue weighted by atomic mass is 10.0. The van der Waals surface area contributed by atoms with Gasteiger partial charge in [-0.2, -0.15) is 0 Å². The van der Waals surface area contributed by atoms with Crippen LogP contribution in [0.2, 0.25) is 5.02 Å². The predicted octanol–water partition coefficient (Wildman–Crippen LogP) is 4.36. The molecule has 1 aromatic heterocycles. The molecule has 0 saturated heterocycles. The van der Waals surface area contributed by atoms with Crippen LogP contribution in [0.4, 0.5) is 5.69 Å². The summed E-state index contributed by atoms with van der Waals surface area (Å²) >= 11 is 6.03. The van der Waals surface area contributed by atoms with Crippen LogP contribution in [0.1, 0.15) is 27.7 Å². The van der Waals surface area contributed by atoms with E-state index in [1.165, 1.54) is 18.4 Å². The Morgan fingerprint density at radius 1 is 1.12 bits per heavy atom. The van der Waals surface area contributed by atoms with Crippen molar-refractivity contribution in [2.45, 2.75) is 6.04 Å². The fourth-order valence-corrected chi connectivity index (χ4v) is 2.69. The second kappa shape index (κ2) is 7.19. The highest BCUT2D eigenvalue weighted by atomic mass is 35.5. The first-order valence-electron chi connectivity index (χ1n) is 7.39. The van der Waals surface area contributed by atoms with E-state index in [1.807, 2.05) is 30.3 Å². The second-order valence-corrected chi connectivity index (χ2v) is 5.66. The van der Waals surface area contributed by atoms with E-state index in [2.05, 4.69) is 5.32 Å². The highest BCUT2D eigenvalue weighted by Crippen LogP contribution is 2.26. The van der Waals surface area contributed by atoms with Gasteiger partial charge in [0.15, 0.2) is 0 Å². The monoisotopic (exact) mass is 356 g/mol. The number of furan rings is 1. The lowest BCUT2D eigenvalue weighted by molar-refractivity contribution is -0.384. The molecular weight excluding hydrogens is 344 g/mol. The van der Waals surface area contributed by atoms with Crippen LogP contribution in [-0.4, -0.2) is 10.8 Å². The maximum Gasteiger partial charge on any atom is 0.270 e. The molecule has 1 amide bonds. The van der Waals surface area contributed by atoms with Gasteiger partial charge in [0.05, 0.1) is 21.8 Å². The quantitative estimate of drug-likeness (QED) is 0.543. The number of nitro groups is 1. The van der Waals surface area contributed by atoms with Crippen LogP contribution in [-0.2, 0) is 0 Å². The van der Waals surface area contributed by atoms with Crippen molar-refractivity contribution in [2.75, 3.05) is 0 Å². The van der Waals surface area contributed by atoms with E-state index in [0.29, 0.717) is 5.76 Å². The van der Waals surface area contributed by atoms with Crippen molar-refractivity contribution in [3.63, 3.8) is 0 Å². The Balaban J connectivity index is 1.90. The van der Waals surface area contributed by atoms with Crippen LogP contribution in [0, 0.1) is 10.1 Å². The average Bonchev–Trinajstić information content (AvgIpc) is 3.14. The van der Waals surface area contributed by atoms with Gasteiger partial charge in [0.2, 0.25) is 0 Å². The Morgan fingerprint density at radius 3 is 2.48 bits per heavy atom. The molecule has 25 heavy (non-hydrogen) atoms. The van der Waals surface area contributed by atoms with E-state index in [0.717, 1.165) is 11.6 Å². The fourth-order valence-electron chi connectivity index (χ4n) is 2.43. The smallest absolute Gasteiger partial charge is 0.270 e. The molecule has 7 heteroatoms. The Bertz CT molecular complexity index is 895. The van der Waals surface area contributed by atoms with Crippen molar-refractivity contribution < 1.29 is 14.1 Å². The topological polar surface area (TPSA) is 85.4 Å². The van der Waals surface area contributed by atoms with Gasteiger partial charge in [0.25, 0.3) is 11.6 Å². The Kier molecular flexibility index (Phi) is 4.81. The third kappa shape index (κ3) is 3.70. The Morgan fingerprint density at radius 2 is 1.88 bits per heavy atom. The van der Waals surface area contributed by atoms with Gasteiger partial charge >= 0.3 is 0 Å². The molecule has 126 valence electrons. The van der Waals surface area contributed by atoms with Gasteiger partial charge < -0.3 is 9.73 Å². The zero-order valence-electron chi connectivity index (χ0n) is 12.9. The zero-order valence-corrected chi connectivity index (χ0v) is 13.6. The first kappa shape index (κ1) is 16.7. The molecule has 2 aromatic carbocycles. The third-order valence-corrected chi connectivity index (χ3v) is 3.96. The summed E-state index contributed by atoms with van der Waals surface area (Å²) in [6.45, 7) is 0. The van der Waals surface area contributed by atoms with Gasteiger partial charge in [-0.15, -0.1) is 0 Å². The van der Waals surface area contributed by atoms with Gasteiger partial charge in [-0.3, -0.25) is 14.9 Å².